The standard InChI is InChI=1S/C14H11BrN2O2/c15-11-3-6-13(18)10(7-11)8-17-12-4-1-9(2-5-12)14(16)19/h1-8,18H,(H2,16,19). The Bertz CT molecular complexity index is 636. The highest BCUT2D eigenvalue weighted by Crippen LogP contribution is 2.21. The highest BCUT2D eigenvalue weighted by Gasteiger charge is 2.00. The van der Waals surface area contributed by atoms with Gasteiger partial charge in [0.05, 0.1) is 5.69 Å². The average Bonchev–Trinajstić information content (AvgIpc) is 2.40. The van der Waals surface area contributed by atoms with Crippen LogP contribution in [0, 0.1) is 0 Å². The van der Waals surface area contributed by atoms with Crippen molar-refractivity contribution in [3.05, 3.63) is 58.1 Å². The van der Waals surface area contributed by atoms with Gasteiger partial charge in [-0.25, -0.2) is 0 Å². The van der Waals surface area contributed by atoms with E-state index in [-0.39, 0.29) is 5.75 Å². The molecule has 0 fully saturated rings. The van der Waals surface area contributed by atoms with Gasteiger partial charge in [-0.1, -0.05) is 15.9 Å². The SMILES string of the molecule is NC(=O)c1ccc(N=Cc2cc(Br)ccc2O)cc1. The number of nitrogens with zero attached hydrogens (tertiary/aromatic N) is 1. The third-order valence-corrected chi connectivity index (χ3v) is 2.99. The van der Waals surface area contributed by atoms with Gasteiger partial charge in [-0.05, 0) is 42.5 Å². The summed E-state index contributed by atoms with van der Waals surface area (Å²) >= 11 is 3.32. The van der Waals surface area contributed by atoms with Crippen LogP contribution in [-0.4, -0.2) is 17.2 Å². The zero-order valence-electron chi connectivity index (χ0n) is 9.88. The Morgan fingerprint density at radius 2 is 1.89 bits per heavy atom. The Balaban J connectivity index is 2.22. The zero-order valence-corrected chi connectivity index (χ0v) is 11.5. The van der Waals surface area contributed by atoms with Crippen molar-refractivity contribution in [3.8, 4) is 5.75 Å². The fraction of sp³-hybridized carbons (Fsp3) is 0. The van der Waals surface area contributed by atoms with Gasteiger partial charge in [0.25, 0.3) is 0 Å². The van der Waals surface area contributed by atoms with E-state index in [2.05, 4.69) is 20.9 Å². The van der Waals surface area contributed by atoms with Crippen molar-refractivity contribution in [1.82, 2.24) is 0 Å². The molecule has 4 nitrogen and oxygen atoms in total. The summed E-state index contributed by atoms with van der Waals surface area (Å²) in [4.78, 5) is 15.1. The van der Waals surface area contributed by atoms with Gasteiger partial charge in [-0.2, -0.15) is 0 Å². The van der Waals surface area contributed by atoms with Crippen molar-refractivity contribution in [3.63, 3.8) is 0 Å². The summed E-state index contributed by atoms with van der Waals surface area (Å²) in [5.41, 5.74) is 6.86. The molecular weight excluding hydrogens is 308 g/mol. The summed E-state index contributed by atoms with van der Waals surface area (Å²) < 4.78 is 0.857. The number of amides is 1. The quantitative estimate of drug-likeness (QED) is 0.853. The maximum atomic E-state index is 10.9. The van der Waals surface area contributed by atoms with Gasteiger partial charge in [0.2, 0.25) is 5.91 Å². The first-order chi connectivity index (χ1) is 9.06. The van der Waals surface area contributed by atoms with Crippen LogP contribution < -0.4 is 5.73 Å². The van der Waals surface area contributed by atoms with E-state index in [4.69, 9.17) is 5.73 Å². The van der Waals surface area contributed by atoms with Gasteiger partial charge < -0.3 is 10.8 Å². The molecule has 2 aromatic rings. The monoisotopic (exact) mass is 318 g/mol. The Kier molecular flexibility index (Phi) is 3.97. The topological polar surface area (TPSA) is 75.7 Å². The third kappa shape index (κ3) is 3.42. The van der Waals surface area contributed by atoms with E-state index in [0.29, 0.717) is 16.8 Å². The summed E-state index contributed by atoms with van der Waals surface area (Å²) in [6, 6.07) is 11.7. The smallest absolute Gasteiger partial charge is 0.248 e. The molecule has 5 heteroatoms. The minimum atomic E-state index is -0.472. The van der Waals surface area contributed by atoms with Crippen LogP contribution in [0.1, 0.15) is 15.9 Å². The second-order valence-electron chi connectivity index (χ2n) is 3.87. The highest BCUT2D eigenvalue weighted by molar-refractivity contribution is 9.10. The lowest BCUT2D eigenvalue weighted by Crippen LogP contribution is -2.10. The first-order valence-electron chi connectivity index (χ1n) is 5.49. The number of halogens is 1. The van der Waals surface area contributed by atoms with Crippen molar-refractivity contribution in [2.24, 2.45) is 10.7 Å². The van der Waals surface area contributed by atoms with E-state index in [0.717, 1.165) is 4.47 Å². The number of aromatic hydroxyl groups is 1. The van der Waals surface area contributed by atoms with Gasteiger partial charge in [-0.3, -0.25) is 9.79 Å². The number of phenols is 1. The predicted molar refractivity (Wildman–Crippen MR) is 78.0 cm³/mol. The van der Waals surface area contributed by atoms with E-state index in [9.17, 15) is 9.90 Å². The summed E-state index contributed by atoms with van der Waals surface area (Å²) in [6.45, 7) is 0. The Labute approximate surface area is 118 Å². The van der Waals surface area contributed by atoms with Crippen molar-refractivity contribution in [2.45, 2.75) is 0 Å². The van der Waals surface area contributed by atoms with E-state index in [1.54, 1.807) is 48.7 Å². The van der Waals surface area contributed by atoms with Gasteiger partial charge in [0, 0.05) is 21.8 Å². The molecule has 0 aliphatic carbocycles. The number of benzene rings is 2. The minimum absolute atomic E-state index is 0.153. The number of nitrogens with two attached hydrogens (primary N) is 1. The summed E-state index contributed by atoms with van der Waals surface area (Å²) in [7, 11) is 0. The van der Waals surface area contributed by atoms with Crippen LogP contribution in [0.4, 0.5) is 5.69 Å². The molecule has 1 amide bonds. The second-order valence-corrected chi connectivity index (χ2v) is 4.79. The average molecular weight is 319 g/mol. The largest absolute Gasteiger partial charge is 0.507 e. The second kappa shape index (κ2) is 5.67. The molecule has 0 bridgehead atoms. The number of aliphatic imine (C=N–C) groups is 1. The van der Waals surface area contributed by atoms with Gasteiger partial charge in [-0.15, -0.1) is 0 Å². The van der Waals surface area contributed by atoms with Crippen LogP contribution >= 0.6 is 15.9 Å². The maximum absolute atomic E-state index is 10.9. The molecule has 0 aliphatic rings. The maximum Gasteiger partial charge on any atom is 0.248 e. The van der Waals surface area contributed by atoms with E-state index in [1.807, 2.05) is 0 Å². The fourth-order valence-corrected chi connectivity index (χ4v) is 1.86. The number of hydrogen-bond acceptors (Lipinski definition) is 3. The van der Waals surface area contributed by atoms with Crippen LogP contribution in [0.3, 0.4) is 0 Å². The number of carbonyl (C=O) groups is 1. The molecule has 2 aromatic carbocycles. The summed E-state index contributed by atoms with van der Waals surface area (Å²) in [5.74, 6) is -0.319. The lowest BCUT2D eigenvalue weighted by molar-refractivity contribution is 0.100. The van der Waals surface area contributed by atoms with Crippen LogP contribution in [0.5, 0.6) is 5.75 Å². The first-order valence-corrected chi connectivity index (χ1v) is 6.28. The van der Waals surface area contributed by atoms with Crippen molar-refractivity contribution in [2.75, 3.05) is 0 Å². The van der Waals surface area contributed by atoms with E-state index in [1.165, 1.54) is 0 Å². The normalized spacial score (nSPS) is 10.8. The molecule has 0 saturated heterocycles. The number of hydrogen-bond donors (Lipinski definition) is 2. The first kappa shape index (κ1) is 13.3. The molecule has 0 saturated carbocycles. The molecule has 0 atom stereocenters. The predicted octanol–water partition coefficient (Wildman–Crippen LogP) is 3.00. The third-order valence-electron chi connectivity index (χ3n) is 2.49. The van der Waals surface area contributed by atoms with Gasteiger partial charge in [0.15, 0.2) is 0 Å². The molecule has 96 valence electrons. The minimum Gasteiger partial charge on any atom is -0.507 e. The van der Waals surface area contributed by atoms with Crippen molar-refractivity contribution >= 4 is 33.7 Å². The number of rotatable bonds is 3. The lowest BCUT2D eigenvalue weighted by atomic mass is 10.2. The summed E-state index contributed by atoms with van der Waals surface area (Å²) in [5, 5.41) is 9.66. The molecule has 0 aromatic heterocycles. The van der Waals surface area contributed by atoms with Gasteiger partial charge in [0.1, 0.15) is 5.75 Å². The zero-order chi connectivity index (χ0) is 13.8. The van der Waals surface area contributed by atoms with Crippen molar-refractivity contribution in [1.29, 1.82) is 0 Å². The molecule has 2 rings (SSSR count). The number of phenolic OH excluding ortho intramolecular Hbond substituents is 1. The molecule has 3 N–H and O–H groups in total. The lowest BCUT2D eigenvalue weighted by Gasteiger charge is -2.00. The number of carbonyl (C=O) groups excluding carboxylic acids is 1. The Morgan fingerprint density at radius 3 is 2.53 bits per heavy atom. The highest BCUT2D eigenvalue weighted by atomic mass is 79.9. The van der Waals surface area contributed by atoms with Crippen LogP contribution in [0.25, 0.3) is 0 Å². The van der Waals surface area contributed by atoms with Crippen LogP contribution in [-0.2, 0) is 0 Å². The molecule has 0 radical (unpaired) electrons. The molecular formula is C14H11BrN2O2. The molecule has 0 aliphatic heterocycles. The Morgan fingerprint density at radius 1 is 1.21 bits per heavy atom. The number of primary amides is 1. The molecule has 0 spiro atoms. The summed E-state index contributed by atoms with van der Waals surface area (Å²) in [6.07, 6.45) is 1.55. The van der Waals surface area contributed by atoms with Crippen LogP contribution in [0.2, 0.25) is 0 Å². The molecule has 0 heterocycles. The van der Waals surface area contributed by atoms with E-state index < -0.39 is 5.91 Å². The van der Waals surface area contributed by atoms with Gasteiger partial charge >= 0.3 is 0 Å². The Hall–Kier alpha value is -2.14. The molecule has 19 heavy (non-hydrogen) atoms. The fourth-order valence-electron chi connectivity index (χ4n) is 1.48. The molecule has 0 unspecified atom stereocenters. The van der Waals surface area contributed by atoms with E-state index >= 15 is 0 Å². The van der Waals surface area contributed by atoms with Crippen LogP contribution in [0.15, 0.2) is 51.9 Å². The van der Waals surface area contributed by atoms with Crippen molar-refractivity contribution < 1.29 is 9.90 Å².